The van der Waals surface area contributed by atoms with Crippen LogP contribution in [0.15, 0.2) is 0 Å². The van der Waals surface area contributed by atoms with Gasteiger partial charge in [-0.2, -0.15) is 0 Å². The second-order valence-corrected chi connectivity index (χ2v) is 8.29. The molecule has 3 aliphatic rings. The zero-order chi connectivity index (χ0) is 15.3. The van der Waals surface area contributed by atoms with Crippen molar-refractivity contribution >= 4 is 0 Å². The Labute approximate surface area is 129 Å². The zero-order valence-electron chi connectivity index (χ0n) is 14.1. The molecule has 21 heavy (non-hydrogen) atoms. The Kier molecular flexibility index (Phi) is 4.11. The van der Waals surface area contributed by atoms with Gasteiger partial charge in [-0.15, -0.1) is 0 Å². The minimum absolute atomic E-state index is 0.230. The van der Waals surface area contributed by atoms with Gasteiger partial charge in [-0.25, -0.2) is 0 Å². The number of fused-ring (bicyclic) bond motifs is 2. The van der Waals surface area contributed by atoms with E-state index in [1.165, 1.54) is 12.8 Å². The van der Waals surface area contributed by atoms with E-state index in [0.717, 1.165) is 38.5 Å². The molecule has 2 bridgehead atoms. The average Bonchev–Trinajstić information content (AvgIpc) is 2.74. The van der Waals surface area contributed by atoms with Gasteiger partial charge in [0.2, 0.25) is 0 Å². The smallest absolute Gasteiger partial charge is 0.167 e. The van der Waals surface area contributed by atoms with Crippen molar-refractivity contribution < 1.29 is 9.84 Å². The number of β-amino-alcohol motifs (C(OH)–C–C–N with tert-alkyl or cyclic N) is 1. The third kappa shape index (κ3) is 2.65. The quantitative estimate of drug-likeness (QED) is 0.802. The Hall–Kier alpha value is -0.160. The lowest BCUT2D eigenvalue weighted by Gasteiger charge is -2.40. The molecule has 0 aromatic carbocycles. The molecule has 3 fully saturated rings. The number of ether oxygens (including phenoxy) is 1. The maximum absolute atomic E-state index is 10.4. The van der Waals surface area contributed by atoms with Crippen molar-refractivity contribution in [2.45, 2.75) is 52.4 Å². The molecule has 4 nitrogen and oxygen atoms in total. The molecule has 1 aliphatic heterocycles. The van der Waals surface area contributed by atoms with Gasteiger partial charge in [0, 0.05) is 32.7 Å². The van der Waals surface area contributed by atoms with Gasteiger partial charge in [0.05, 0.1) is 6.10 Å². The van der Waals surface area contributed by atoms with Crippen molar-refractivity contribution in [3.05, 3.63) is 0 Å². The van der Waals surface area contributed by atoms with Crippen LogP contribution in [0.3, 0.4) is 0 Å². The number of hydrogen-bond acceptors (Lipinski definition) is 4. The molecule has 2 saturated carbocycles. The number of aliphatic hydroxyl groups is 1. The Balaban J connectivity index is 1.53. The van der Waals surface area contributed by atoms with E-state index in [1.54, 1.807) is 0 Å². The van der Waals surface area contributed by atoms with Crippen LogP contribution in [0.4, 0.5) is 0 Å². The summed E-state index contributed by atoms with van der Waals surface area (Å²) in [5.41, 5.74) is 0.589. The van der Waals surface area contributed by atoms with Gasteiger partial charge in [-0.1, -0.05) is 20.8 Å². The first-order valence-corrected chi connectivity index (χ1v) is 8.57. The molecule has 0 radical (unpaired) electrons. The molecule has 0 unspecified atom stereocenters. The number of hydrogen-bond donors (Lipinski definition) is 1. The van der Waals surface area contributed by atoms with E-state index in [9.17, 15) is 5.11 Å². The number of aliphatic hydroxyl groups excluding tert-OH is 1. The summed E-state index contributed by atoms with van der Waals surface area (Å²) < 4.78 is 6.11. The molecule has 122 valence electrons. The van der Waals surface area contributed by atoms with Crippen LogP contribution in [0.1, 0.15) is 40.0 Å². The van der Waals surface area contributed by atoms with E-state index >= 15 is 0 Å². The van der Waals surface area contributed by atoms with Gasteiger partial charge in [0.1, 0.15) is 0 Å². The third-order valence-electron chi connectivity index (χ3n) is 7.05. The Morgan fingerprint density at radius 2 is 1.86 bits per heavy atom. The first-order valence-electron chi connectivity index (χ1n) is 8.57. The van der Waals surface area contributed by atoms with Crippen LogP contribution in [0.5, 0.6) is 0 Å². The van der Waals surface area contributed by atoms with Crippen molar-refractivity contribution in [1.29, 1.82) is 0 Å². The Morgan fingerprint density at radius 1 is 1.19 bits per heavy atom. The maximum Gasteiger partial charge on any atom is 0.167 e. The van der Waals surface area contributed by atoms with E-state index < -0.39 is 6.29 Å². The monoisotopic (exact) mass is 296 g/mol. The van der Waals surface area contributed by atoms with Gasteiger partial charge in [-0.05, 0) is 43.1 Å². The van der Waals surface area contributed by atoms with Crippen LogP contribution in [-0.2, 0) is 4.74 Å². The summed E-state index contributed by atoms with van der Waals surface area (Å²) in [6.45, 7) is 12.0. The van der Waals surface area contributed by atoms with Crippen molar-refractivity contribution in [3.8, 4) is 0 Å². The summed E-state index contributed by atoms with van der Waals surface area (Å²) in [7, 11) is 2.16. The van der Waals surface area contributed by atoms with Gasteiger partial charge in [0.15, 0.2) is 6.29 Å². The molecular weight excluding hydrogens is 264 g/mol. The number of rotatable bonds is 4. The minimum Gasteiger partial charge on any atom is -0.367 e. The van der Waals surface area contributed by atoms with Crippen molar-refractivity contribution in [1.82, 2.24) is 9.80 Å². The lowest BCUT2D eigenvalue weighted by molar-refractivity contribution is -0.180. The van der Waals surface area contributed by atoms with Crippen LogP contribution < -0.4 is 0 Å². The van der Waals surface area contributed by atoms with Gasteiger partial charge in [-0.3, -0.25) is 4.90 Å². The average molecular weight is 296 g/mol. The molecule has 1 saturated heterocycles. The highest BCUT2D eigenvalue weighted by Gasteiger charge is 2.62. The topological polar surface area (TPSA) is 35.9 Å². The fourth-order valence-electron chi connectivity index (χ4n) is 4.82. The molecule has 3 rings (SSSR count). The molecule has 2 aliphatic carbocycles. The molecule has 0 amide bonds. The van der Waals surface area contributed by atoms with E-state index in [1.807, 2.05) is 0 Å². The SMILES string of the molecule is CN1CCN(C[C@@H](O)O[C@@H]2C[C@@H]3CC[C@]2(C)C3(C)C)CC1. The maximum atomic E-state index is 10.4. The van der Waals surface area contributed by atoms with E-state index in [4.69, 9.17) is 4.74 Å². The highest BCUT2D eigenvalue weighted by atomic mass is 16.6. The van der Waals surface area contributed by atoms with Gasteiger partial charge >= 0.3 is 0 Å². The highest BCUT2D eigenvalue weighted by Crippen LogP contribution is 2.66. The van der Waals surface area contributed by atoms with Gasteiger partial charge in [0.25, 0.3) is 0 Å². The molecule has 1 heterocycles. The van der Waals surface area contributed by atoms with E-state index in [0.29, 0.717) is 12.0 Å². The van der Waals surface area contributed by atoms with Crippen molar-refractivity contribution in [3.63, 3.8) is 0 Å². The second kappa shape index (κ2) is 5.48. The van der Waals surface area contributed by atoms with Crippen LogP contribution in [0, 0.1) is 16.7 Å². The van der Waals surface area contributed by atoms with Crippen LogP contribution >= 0.6 is 0 Å². The molecular formula is C17H32N2O2. The number of nitrogens with zero attached hydrogens (tertiary/aromatic N) is 2. The van der Waals surface area contributed by atoms with Crippen molar-refractivity contribution in [2.75, 3.05) is 39.8 Å². The molecule has 0 aromatic rings. The van der Waals surface area contributed by atoms with Gasteiger partial charge < -0.3 is 14.7 Å². The third-order valence-corrected chi connectivity index (χ3v) is 7.05. The van der Waals surface area contributed by atoms with E-state index in [-0.39, 0.29) is 11.5 Å². The predicted octanol–water partition coefficient (Wildman–Crippen LogP) is 1.78. The molecule has 4 atom stereocenters. The lowest BCUT2D eigenvalue weighted by atomic mass is 9.70. The standard InChI is InChI=1S/C17H32N2O2/c1-16(2)13-5-6-17(16,3)14(11-13)21-15(20)12-19-9-7-18(4)8-10-19/h13-15,20H,5-12H2,1-4H3/t13-,14+,15-,17-/m0/s1. The first-order chi connectivity index (χ1) is 9.83. The summed E-state index contributed by atoms with van der Waals surface area (Å²) in [5, 5.41) is 10.4. The summed E-state index contributed by atoms with van der Waals surface area (Å²) in [5.74, 6) is 0.767. The van der Waals surface area contributed by atoms with Crippen LogP contribution in [-0.4, -0.2) is 67.1 Å². The van der Waals surface area contributed by atoms with Crippen molar-refractivity contribution in [2.24, 2.45) is 16.7 Å². The Bertz CT molecular complexity index is 379. The zero-order valence-corrected chi connectivity index (χ0v) is 14.1. The summed E-state index contributed by atoms with van der Waals surface area (Å²) in [6.07, 6.45) is 3.30. The minimum atomic E-state index is -0.634. The number of piperazine rings is 1. The highest BCUT2D eigenvalue weighted by molar-refractivity contribution is 5.11. The normalized spacial score (nSPS) is 41.6. The second-order valence-electron chi connectivity index (χ2n) is 8.29. The fraction of sp³-hybridized carbons (Fsp3) is 1.00. The molecule has 0 spiro atoms. The van der Waals surface area contributed by atoms with Crippen LogP contribution in [0.25, 0.3) is 0 Å². The largest absolute Gasteiger partial charge is 0.367 e. The Morgan fingerprint density at radius 3 is 2.38 bits per heavy atom. The molecule has 1 N–H and O–H groups in total. The van der Waals surface area contributed by atoms with E-state index in [2.05, 4.69) is 37.6 Å². The molecule has 0 aromatic heterocycles. The predicted molar refractivity (Wildman–Crippen MR) is 84.0 cm³/mol. The summed E-state index contributed by atoms with van der Waals surface area (Å²) >= 11 is 0. The summed E-state index contributed by atoms with van der Waals surface area (Å²) in [6, 6.07) is 0. The van der Waals surface area contributed by atoms with Crippen LogP contribution in [0.2, 0.25) is 0 Å². The first kappa shape index (κ1) is 15.7. The number of likely N-dealkylation sites (N-methyl/N-ethyl adjacent to an activating group) is 1. The summed E-state index contributed by atoms with van der Waals surface area (Å²) in [4.78, 5) is 4.66. The lowest BCUT2D eigenvalue weighted by Crippen LogP contribution is -2.48. The fourth-order valence-corrected chi connectivity index (χ4v) is 4.82. The molecule has 4 heteroatoms.